The number of nitrogens with one attached hydrogen (secondary N) is 1. The van der Waals surface area contributed by atoms with Gasteiger partial charge in [0.15, 0.2) is 5.82 Å². The van der Waals surface area contributed by atoms with Gasteiger partial charge in [0.25, 0.3) is 11.8 Å². The van der Waals surface area contributed by atoms with Gasteiger partial charge in [0.1, 0.15) is 5.69 Å². The van der Waals surface area contributed by atoms with Crippen LogP contribution in [0.5, 0.6) is 0 Å². The largest absolute Gasteiger partial charge is 0.346 e. The Morgan fingerprint density at radius 1 is 1.08 bits per heavy atom. The van der Waals surface area contributed by atoms with Crippen LogP contribution in [-0.4, -0.2) is 69.4 Å². The summed E-state index contributed by atoms with van der Waals surface area (Å²) in [6.07, 6.45) is 2.86. The monoisotopic (exact) mass is 361 g/mol. The third-order valence-corrected chi connectivity index (χ3v) is 5.12. The zero-order valence-electron chi connectivity index (χ0n) is 16.5. The van der Waals surface area contributed by atoms with E-state index in [-0.39, 0.29) is 17.4 Å². The summed E-state index contributed by atoms with van der Waals surface area (Å²) < 4.78 is 1.98. The molecule has 7 nitrogen and oxygen atoms in total. The van der Waals surface area contributed by atoms with Crippen LogP contribution >= 0.6 is 0 Å². The van der Waals surface area contributed by atoms with Crippen molar-refractivity contribution in [3.05, 3.63) is 17.2 Å². The Labute approximate surface area is 155 Å². The van der Waals surface area contributed by atoms with Gasteiger partial charge in [0.05, 0.1) is 5.69 Å². The highest BCUT2D eigenvalue weighted by Gasteiger charge is 2.31. The number of aromatic nitrogens is 2. The number of carbonyl (C=O) groups excluding carboxylic acids is 2. The summed E-state index contributed by atoms with van der Waals surface area (Å²) in [5.41, 5.74) is 1.01. The van der Waals surface area contributed by atoms with Crippen molar-refractivity contribution in [1.29, 1.82) is 0 Å². The predicted molar refractivity (Wildman–Crippen MR) is 100 cm³/mol. The van der Waals surface area contributed by atoms with Gasteiger partial charge in [-0.1, -0.05) is 6.92 Å². The zero-order valence-corrected chi connectivity index (χ0v) is 16.5. The summed E-state index contributed by atoms with van der Waals surface area (Å²) in [6.45, 7) is 13.0. The van der Waals surface area contributed by atoms with E-state index in [9.17, 15) is 9.59 Å². The Kier molecular flexibility index (Phi) is 5.37. The smallest absolute Gasteiger partial charge is 0.289 e. The molecular formula is C19H31N5O2. The minimum Gasteiger partial charge on any atom is -0.346 e. The first-order chi connectivity index (χ1) is 12.3. The summed E-state index contributed by atoms with van der Waals surface area (Å²) in [6, 6.07) is 0. The van der Waals surface area contributed by atoms with E-state index in [1.807, 2.05) is 30.2 Å². The van der Waals surface area contributed by atoms with E-state index >= 15 is 0 Å². The van der Waals surface area contributed by atoms with E-state index in [1.165, 1.54) is 0 Å². The average Bonchev–Trinajstić information content (AvgIpc) is 2.99. The number of imidazole rings is 1. The van der Waals surface area contributed by atoms with Crippen molar-refractivity contribution in [3.63, 3.8) is 0 Å². The molecule has 0 saturated carbocycles. The summed E-state index contributed by atoms with van der Waals surface area (Å²) in [5.74, 6) is 0.209. The predicted octanol–water partition coefficient (Wildman–Crippen LogP) is 1.53. The number of rotatable bonds is 3. The molecule has 0 aliphatic carbocycles. The lowest BCUT2D eigenvalue weighted by Crippen LogP contribution is -2.49. The fourth-order valence-corrected chi connectivity index (χ4v) is 3.70. The molecule has 2 amide bonds. The van der Waals surface area contributed by atoms with Crippen molar-refractivity contribution in [2.24, 2.45) is 0 Å². The molecule has 0 aromatic carbocycles. The quantitative estimate of drug-likeness (QED) is 0.886. The van der Waals surface area contributed by atoms with Gasteiger partial charge in [-0.3, -0.25) is 9.59 Å². The normalized spacial score (nSPS) is 18.5. The maximum absolute atomic E-state index is 13.1. The van der Waals surface area contributed by atoms with Gasteiger partial charge >= 0.3 is 0 Å². The molecule has 144 valence electrons. The number of likely N-dealkylation sites (N-methyl/N-ethyl adjacent to an activating group) is 1. The number of fused-ring (bicyclic) bond motifs is 1. The highest BCUT2D eigenvalue weighted by molar-refractivity contribution is 5.97. The molecule has 0 bridgehead atoms. The first kappa shape index (κ1) is 18.9. The molecule has 0 spiro atoms. The van der Waals surface area contributed by atoms with Gasteiger partial charge in [-0.05, 0) is 46.6 Å². The van der Waals surface area contributed by atoms with Crippen molar-refractivity contribution >= 4 is 11.8 Å². The van der Waals surface area contributed by atoms with E-state index in [0.29, 0.717) is 11.5 Å². The maximum Gasteiger partial charge on any atom is 0.289 e. The zero-order chi connectivity index (χ0) is 18.9. The first-order valence-corrected chi connectivity index (χ1v) is 9.73. The van der Waals surface area contributed by atoms with Crippen LogP contribution in [0.4, 0.5) is 0 Å². The van der Waals surface area contributed by atoms with Crippen molar-refractivity contribution in [1.82, 2.24) is 24.7 Å². The molecule has 0 unspecified atom stereocenters. The molecule has 1 N–H and O–H groups in total. The van der Waals surface area contributed by atoms with Gasteiger partial charge in [0.2, 0.25) is 0 Å². The summed E-state index contributed by atoms with van der Waals surface area (Å²) in [7, 11) is 0. The van der Waals surface area contributed by atoms with Crippen molar-refractivity contribution in [2.75, 3.05) is 32.7 Å². The fraction of sp³-hybridized carbons (Fsp3) is 0.737. The van der Waals surface area contributed by atoms with E-state index in [0.717, 1.165) is 64.2 Å². The Morgan fingerprint density at radius 2 is 1.77 bits per heavy atom. The molecule has 3 heterocycles. The first-order valence-electron chi connectivity index (χ1n) is 9.73. The SMILES string of the molecule is CCN1CCN(C(=O)c2nc(C(=O)NC(C)(C)C)c3n2CCCC3)CC1. The summed E-state index contributed by atoms with van der Waals surface area (Å²) >= 11 is 0. The van der Waals surface area contributed by atoms with E-state index in [2.05, 4.69) is 22.1 Å². The van der Waals surface area contributed by atoms with E-state index < -0.39 is 0 Å². The number of nitrogens with zero attached hydrogens (tertiary/aromatic N) is 4. The Morgan fingerprint density at radius 3 is 2.38 bits per heavy atom. The highest BCUT2D eigenvalue weighted by atomic mass is 16.2. The lowest BCUT2D eigenvalue weighted by molar-refractivity contribution is 0.0625. The topological polar surface area (TPSA) is 70.5 Å². The second-order valence-corrected chi connectivity index (χ2v) is 8.27. The van der Waals surface area contributed by atoms with Crippen molar-refractivity contribution < 1.29 is 9.59 Å². The molecule has 26 heavy (non-hydrogen) atoms. The number of hydrogen-bond acceptors (Lipinski definition) is 4. The van der Waals surface area contributed by atoms with Crippen LogP contribution in [0, 0.1) is 0 Å². The molecule has 1 fully saturated rings. The Bertz CT molecular complexity index is 681. The molecule has 0 radical (unpaired) electrons. The maximum atomic E-state index is 13.1. The van der Waals surface area contributed by atoms with Crippen LogP contribution in [-0.2, 0) is 13.0 Å². The number of piperazine rings is 1. The van der Waals surface area contributed by atoms with Gasteiger partial charge in [0, 0.05) is 38.3 Å². The minimum atomic E-state index is -0.330. The van der Waals surface area contributed by atoms with Crippen LogP contribution in [0.3, 0.4) is 0 Å². The van der Waals surface area contributed by atoms with E-state index in [4.69, 9.17) is 0 Å². The van der Waals surface area contributed by atoms with Gasteiger partial charge < -0.3 is 19.7 Å². The third-order valence-electron chi connectivity index (χ3n) is 5.12. The molecule has 3 rings (SSSR count). The van der Waals surface area contributed by atoms with Gasteiger partial charge in [-0.15, -0.1) is 0 Å². The Balaban J connectivity index is 1.86. The van der Waals surface area contributed by atoms with Gasteiger partial charge in [-0.25, -0.2) is 4.98 Å². The Hall–Kier alpha value is -1.89. The van der Waals surface area contributed by atoms with Crippen LogP contribution in [0.25, 0.3) is 0 Å². The average molecular weight is 361 g/mol. The molecule has 1 aromatic rings. The second-order valence-electron chi connectivity index (χ2n) is 8.27. The molecule has 2 aliphatic heterocycles. The van der Waals surface area contributed by atoms with Crippen molar-refractivity contribution in [3.8, 4) is 0 Å². The summed E-state index contributed by atoms with van der Waals surface area (Å²) in [5, 5.41) is 2.98. The van der Waals surface area contributed by atoms with Crippen LogP contribution in [0.1, 0.15) is 67.3 Å². The van der Waals surface area contributed by atoms with Crippen LogP contribution in [0.15, 0.2) is 0 Å². The molecule has 7 heteroatoms. The minimum absolute atomic E-state index is 0.0429. The third kappa shape index (κ3) is 3.92. The molecule has 1 saturated heterocycles. The highest BCUT2D eigenvalue weighted by Crippen LogP contribution is 2.23. The van der Waals surface area contributed by atoms with Crippen LogP contribution in [0.2, 0.25) is 0 Å². The number of carbonyl (C=O) groups is 2. The molecule has 2 aliphatic rings. The molecular weight excluding hydrogens is 330 g/mol. The lowest BCUT2D eigenvalue weighted by atomic mass is 10.1. The lowest BCUT2D eigenvalue weighted by Gasteiger charge is -2.34. The fourth-order valence-electron chi connectivity index (χ4n) is 3.70. The van der Waals surface area contributed by atoms with Crippen molar-refractivity contribution in [2.45, 2.75) is 59.0 Å². The number of amides is 2. The van der Waals surface area contributed by atoms with E-state index in [1.54, 1.807) is 0 Å². The molecule has 1 aromatic heterocycles. The molecule has 0 atom stereocenters. The number of hydrogen-bond donors (Lipinski definition) is 1. The second kappa shape index (κ2) is 7.39. The van der Waals surface area contributed by atoms with Crippen LogP contribution < -0.4 is 5.32 Å². The van der Waals surface area contributed by atoms with Gasteiger partial charge in [-0.2, -0.15) is 0 Å². The standard InChI is InChI=1S/C19H31N5O2/c1-5-22-10-12-23(13-11-22)18(26)16-20-15(17(25)21-19(2,3)4)14-8-6-7-9-24(14)16/h5-13H2,1-4H3,(H,21,25). The summed E-state index contributed by atoms with van der Waals surface area (Å²) in [4.78, 5) is 34.5.